The summed E-state index contributed by atoms with van der Waals surface area (Å²) in [6.45, 7) is 2.01. The van der Waals surface area contributed by atoms with Crippen LogP contribution < -0.4 is 10.1 Å². The fraction of sp³-hybridized carbons (Fsp3) is 0.158. The average Bonchev–Trinajstić information content (AvgIpc) is 2.61. The van der Waals surface area contributed by atoms with Crippen molar-refractivity contribution >= 4 is 23.6 Å². The number of methoxy groups -OCH3 is 1. The number of carbonyl (C=O) groups is 2. The second-order valence-corrected chi connectivity index (χ2v) is 4.87. The zero-order valence-corrected chi connectivity index (χ0v) is 13.6. The number of nitrogens with one attached hydrogen (secondary N) is 1. The predicted octanol–water partition coefficient (Wildman–Crippen LogP) is 3.52. The maximum atomic E-state index is 12.1. The molecule has 0 bridgehead atoms. The molecule has 2 rings (SSSR count). The van der Waals surface area contributed by atoms with Crippen molar-refractivity contribution in [3.8, 4) is 5.75 Å². The SMILES string of the molecule is CCOC(=O)c1ccccc1NC(=O)/C=C/c1cccc(OC)c1. The summed E-state index contributed by atoms with van der Waals surface area (Å²) in [6, 6.07) is 14.1. The highest BCUT2D eigenvalue weighted by Gasteiger charge is 2.12. The Morgan fingerprint density at radius 3 is 2.67 bits per heavy atom. The summed E-state index contributed by atoms with van der Waals surface area (Å²) >= 11 is 0. The van der Waals surface area contributed by atoms with Crippen molar-refractivity contribution in [2.45, 2.75) is 6.92 Å². The number of hydrogen-bond acceptors (Lipinski definition) is 4. The summed E-state index contributed by atoms with van der Waals surface area (Å²) in [5.74, 6) is -0.0926. The Kier molecular flexibility index (Phi) is 6.14. The van der Waals surface area contributed by atoms with Crippen LogP contribution in [0.4, 0.5) is 5.69 Å². The summed E-state index contributed by atoms with van der Waals surface area (Å²) < 4.78 is 10.1. The van der Waals surface area contributed by atoms with Gasteiger partial charge in [-0.1, -0.05) is 24.3 Å². The minimum absolute atomic E-state index is 0.275. The number of benzene rings is 2. The molecule has 0 saturated heterocycles. The van der Waals surface area contributed by atoms with Crippen molar-refractivity contribution in [3.63, 3.8) is 0 Å². The smallest absolute Gasteiger partial charge is 0.340 e. The third-order valence-corrected chi connectivity index (χ3v) is 3.20. The second kappa shape index (κ2) is 8.53. The highest BCUT2D eigenvalue weighted by atomic mass is 16.5. The zero-order valence-electron chi connectivity index (χ0n) is 13.6. The molecule has 5 nitrogen and oxygen atoms in total. The van der Waals surface area contributed by atoms with Crippen LogP contribution in [-0.4, -0.2) is 25.6 Å². The molecule has 0 aliphatic heterocycles. The lowest BCUT2D eigenvalue weighted by molar-refractivity contribution is -0.111. The van der Waals surface area contributed by atoms with Gasteiger partial charge in [0.1, 0.15) is 5.75 Å². The summed E-state index contributed by atoms with van der Waals surface area (Å²) in [6.07, 6.45) is 3.07. The topological polar surface area (TPSA) is 64.6 Å². The number of esters is 1. The molecule has 24 heavy (non-hydrogen) atoms. The minimum Gasteiger partial charge on any atom is -0.497 e. The molecule has 0 heterocycles. The zero-order chi connectivity index (χ0) is 17.4. The number of ether oxygens (including phenoxy) is 2. The van der Waals surface area contributed by atoms with E-state index in [2.05, 4.69) is 5.32 Å². The highest BCUT2D eigenvalue weighted by Crippen LogP contribution is 2.17. The number of hydrogen-bond donors (Lipinski definition) is 1. The second-order valence-electron chi connectivity index (χ2n) is 4.87. The van der Waals surface area contributed by atoms with Gasteiger partial charge in [0.25, 0.3) is 0 Å². The minimum atomic E-state index is -0.467. The van der Waals surface area contributed by atoms with E-state index in [1.165, 1.54) is 6.08 Å². The molecule has 0 aliphatic carbocycles. The normalized spacial score (nSPS) is 10.4. The van der Waals surface area contributed by atoms with Crippen molar-refractivity contribution in [1.29, 1.82) is 0 Å². The van der Waals surface area contributed by atoms with Crippen LogP contribution in [0.2, 0.25) is 0 Å². The van der Waals surface area contributed by atoms with Gasteiger partial charge in [0.15, 0.2) is 0 Å². The van der Waals surface area contributed by atoms with Gasteiger partial charge in [0.05, 0.1) is 25.0 Å². The van der Waals surface area contributed by atoms with E-state index in [9.17, 15) is 9.59 Å². The molecule has 0 spiro atoms. The monoisotopic (exact) mass is 325 g/mol. The van der Waals surface area contributed by atoms with Gasteiger partial charge in [0.2, 0.25) is 5.91 Å². The Morgan fingerprint density at radius 1 is 1.12 bits per heavy atom. The van der Waals surface area contributed by atoms with Gasteiger partial charge in [-0.05, 0) is 42.8 Å². The number of carbonyl (C=O) groups excluding carboxylic acids is 2. The number of rotatable bonds is 6. The summed E-state index contributed by atoms with van der Waals surface area (Å²) in [7, 11) is 1.59. The van der Waals surface area contributed by atoms with Gasteiger partial charge < -0.3 is 14.8 Å². The maximum absolute atomic E-state index is 12.1. The standard InChI is InChI=1S/C19H19NO4/c1-3-24-19(22)16-9-4-5-10-17(16)20-18(21)12-11-14-7-6-8-15(13-14)23-2/h4-13H,3H2,1-2H3,(H,20,21)/b12-11+. The molecule has 0 fully saturated rings. The first-order valence-corrected chi connectivity index (χ1v) is 7.53. The van der Waals surface area contributed by atoms with Crippen LogP contribution >= 0.6 is 0 Å². The molecule has 1 N–H and O–H groups in total. The molecular formula is C19H19NO4. The van der Waals surface area contributed by atoms with E-state index in [0.29, 0.717) is 17.0 Å². The van der Waals surface area contributed by atoms with Crippen molar-refractivity contribution in [2.24, 2.45) is 0 Å². The molecule has 1 amide bonds. The van der Waals surface area contributed by atoms with Gasteiger partial charge in [-0.15, -0.1) is 0 Å². The first-order valence-electron chi connectivity index (χ1n) is 7.53. The predicted molar refractivity (Wildman–Crippen MR) is 93.1 cm³/mol. The Labute approximate surface area is 140 Å². The van der Waals surface area contributed by atoms with Gasteiger partial charge in [-0.25, -0.2) is 4.79 Å². The van der Waals surface area contributed by atoms with Crippen molar-refractivity contribution in [3.05, 3.63) is 65.7 Å². The fourth-order valence-corrected chi connectivity index (χ4v) is 2.07. The quantitative estimate of drug-likeness (QED) is 0.652. The van der Waals surface area contributed by atoms with E-state index in [1.807, 2.05) is 24.3 Å². The van der Waals surface area contributed by atoms with Gasteiger partial charge in [-0.2, -0.15) is 0 Å². The van der Waals surface area contributed by atoms with Gasteiger partial charge in [-0.3, -0.25) is 4.79 Å². The maximum Gasteiger partial charge on any atom is 0.340 e. The lowest BCUT2D eigenvalue weighted by atomic mass is 10.1. The number of anilines is 1. The molecule has 0 unspecified atom stereocenters. The molecule has 0 radical (unpaired) electrons. The Balaban J connectivity index is 2.09. The van der Waals surface area contributed by atoms with Crippen LogP contribution in [0.5, 0.6) is 5.75 Å². The van der Waals surface area contributed by atoms with E-state index in [0.717, 1.165) is 5.56 Å². The van der Waals surface area contributed by atoms with E-state index >= 15 is 0 Å². The van der Waals surface area contributed by atoms with Crippen molar-refractivity contribution in [1.82, 2.24) is 0 Å². The van der Waals surface area contributed by atoms with E-state index in [4.69, 9.17) is 9.47 Å². The first-order chi connectivity index (χ1) is 11.6. The van der Waals surface area contributed by atoms with Gasteiger partial charge in [0, 0.05) is 6.08 Å². The van der Waals surface area contributed by atoms with E-state index in [-0.39, 0.29) is 12.5 Å². The summed E-state index contributed by atoms with van der Waals surface area (Å²) in [4.78, 5) is 24.0. The van der Waals surface area contributed by atoms with Crippen LogP contribution in [-0.2, 0) is 9.53 Å². The van der Waals surface area contributed by atoms with Crippen LogP contribution in [0.3, 0.4) is 0 Å². The molecule has 2 aromatic carbocycles. The molecule has 0 aliphatic rings. The highest BCUT2D eigenvalue weighted by molar-refractivity contribution is 6.06. The van der Waals surface area contributed by atoms with Crippen LogP contribution in [0, 0.1) is 0 Å². The van der Waals surface area contributed by atoms with E-state index < -0.39 is 5.97 Å². The Morgan fingerprint density at radius 2 is 1.92 bits per heavy atom. The molecule has 0 saturated carbocycles. The largest absolute Gasteiger partial charge is 0.497 e. The van der Waals surface area contributed by atoms with Crippen LogP contribution in [0.15, 0.2) is 54.6 Å². The Bertz CT molecular complexity index is 753. The molecule has 0 atom stereocenters. The lowest BCUT2D eigenvalue weighted by Crippen LogP contribution is -2.13. The number of amides is 1. The van der Waals surface area contributed by atoms with Crippen molar-refractivity contribution < 1.29 is 19.1 Å². The van der Waals surface area contributed by atoms with E-state index in [1.54, 1.807) is 44.4 Å². The average molecular weight is 325 g/mol. The molecular weight excluding hydrogens is 306 g/mol. The first kappa shape index (κ1) is 17.3. The molecule has 124 valence electrons. The van der Waals surface area contributed by atoms with Crippen LogP contribution in [0.25, 0.3) is 6.08 Å². The molecule has 0 aromatic heterocycles. The third-order valence-electron chi connectivity index (χ3n) is 3.20. The Hall–Kier alpha value is -3.08. The lowest BCUT2D eigenvalue weighted by Gasteiger charge is -2.08. The van der Waals surface area contributed by atoms with Crippen molar-refractivity contribution in [2.75, 3.05) is 19.0 Å². The molecule has 2 aromatic rings. The fourth-order valence-electron chi connectivity index (χ4n) is 2.07. The summed E-state index contributed by atoms with van der Waals surface area (Å²) in [5.41, 5.74) is 1.57. The van der Waals surface area contributed by atoms with Gasteiger partial charge >= 0.3 is 5.97 Å². The molecule has 5 heteroatoms. The number of para-hydroxylation sites is 1. The third kappa shape index (κ3) is 4.71. The van der Waals surface area contributed by atoms with Crippen LogP contribution in [0.1, 0.15) is 22.8 Å². The summed E-state index contributed by atoms with van der Waals surface area (Å²) in [5, 5.41) is 2.69.